The number of ether oxygens (including phenoxy) is 1. The Bertz CT molecular complexity index is 699. The summed E-state index contributed by atoms with van der Waals surface area (Å²) in [5.41, 5.74) is 3.08. The fourth-order valence-corrected chi connectivity index (χ4v) is 2.92. The van der Waals surface area contributed by atoms with Gasteiger partial charge in [-0.05, 0) is 83.8 Å². The largest absolute Gasteiger partial charge is 0.471 e. The van der Waals surface area contributed by atoms with Crippen molar-refractivity contribution >= 4 is 34.3 Å². The van der Waals surface area contributed by atoms with E-state index in [2.05, 4.69) is 47.1 Å². The van der Waals surface area contributed by atoms with Gasteiger partial charge in [0.25, 0.3) is 0 Å². The van der Waals surface area contributed by atoms with E-state index in [1.807, 2.05) is 49.4 Å². The van der Waals surface area contributed by atoms with Gasteiger partial charge >= 0.3 is 6.03 Å². The minimum Gasteiger partial charge on any atom is -0.471 e. The molecular formula is C19H23IN2O2. The Balaban J connectivity index is 1.89. The highest BCUT2D eigenvalue weighted by Crippen LogP contribution is 2.20. The minimum absolute atomic E-state index is 0.286. The van der Waals surface area contributed by atoms with Crippen LogP contribution < -0.4 is 15.4 Å². The van der Waals surface area contributed by atoms with Crippen molar-refractivity contribution in [2.75, 3.05) is 5.32 Å². The van der Waals surface area contributed by atoms with Crippen LogP contribution >= 0.6 is 22.6 Å². The van der Waals surface area contributed by atoms with Gasteiger partial charge in [0.2, 0.25) is 0 Å². The van der Waals surface area contributed by atoms with Gasteiger partial charge in [0, 0.05) is 9.26 Å². The SMILES string of the molecule is Cc1cc(I)ccc1NC(=O)NC(C)Oc1ccc(C(C)C)cc1. The highest BCUT2D eigenvalue weighted by Gasteiger charge is 2.10. The van der Waals surface area contributed by atoms with Gasteiger partial charge in [-0.1, -0.05) is 26.0 Å². The van der Waals surface area contributed by atoms with E-state index in [0.29, 0.717) is 5.92 Å². The Kier molecular flexibility index (Phi) is 6.48. The first-order valence-corrected chi connectivity index (χ1v) is 9.03. The summed E-state index contributed by atoms with van der Waals surface area (Å²) in [4.78, 5) is 12.1. The summed E-state index contributed by atoms with van der Waals surface area (Å²) in [6.45, 7) is 8.07. The molecule has 0 aliphatic carbocycles. The summed E-state index contributed by atoms with van der Waals surface area (Å²) < 4.78 is 6.87. The van der Waals surface area contributed by atoms with Crippen LogP contribution in [0, 0.1) is 10.5 Å². The summed E-state index contributed by atoms with van der Waals surface area (Å²) in [5, 5.41) is 5.63. The number of benzene rings is 2. The molecule has 2 rings (SSSR count). The Hall–Kier alpha value is -1.76. The zero-order valence-electron chi connectivity index (χ0n) is 14.4. The van der Waals surface area contributed by atoms with E-state index >= 15 is 0 Å². The third-order valence-electron chi connectivity index (χ3n) is 3.63. The number of rotatable bonds is 5. The van der Waals surface area contributed by atoms with Crippen LogP contribution in [0.5, 0.6) is 5.75 Å². The van der Waals surface area contributed by atoms with Crippen molar-refractivity contribution in [2.24, 2.45) is 0 Å². The molecule has 2 aromatic rings. The van der Waals surface area contributed by atoms with Gasteiger partial charge in [0.1, 0.15) is 5.75 Å². The summed E-state index contributed by atoms with van der Waals surface area (Å²) in [6.07, 6.45) is -0.431. The Labute approximate surface area is 157 Å². The maximum absolute atomic E-state index is 12.1. The van der Waals surface area contributed by atoms with Crippen molar-refractivity contribution < 1.29 is 9.53 Å². The molecule has 128 valence electrons. The van der Waals surface area contributed by atoms with Crippen LogP contribution in [-0.2, 0) is 0 Å². The number of amides is 2. The fraction of sp³-hybridized carbons (Fsp3) is 0.316. The summed E-state index contributed by atoms with van der Waals surface area (Å²) in [6, 6.07) is 13.5. The second kappa shape index (κ2) is 8.37. The average molecular weight is 438 g/mol. The van der Waals surface area contributed by atoms with Crippen molar-refractivity contribution in [2.45, 2.75) is 39.8 Å². The van der Waals surface area contributed by atoms with Crippen molar-refractivity contribution in [1.29, 1.82) is 0 Å². The summed E-state index contributed by atoms with van der Waals surface area (Å²) >= 11 is 2.25. The number of carbonyl (C=O) groups is 1. The molecule has 2 amide bonds. The van der Waals surface area contributed by atoms with Crippen molar-refractivity contribution in [3.8, 4) is 5.75 Å². The van der Waals surface area contributed by atoms with Crippen molar-refractivity contribution in [1.82, 2.24) is 5.32 Å². The predicted octanol–water partition coefficient (Wildman–Crippen LogP) is 5.27. The molecule has 0 aliphatic rings. The number of urea groups is 1. The van der Waals surface area contributed by atoms with Gasteiger partial charge in [-0.2, -0.15) is 0 Å². The van der Waals surface area contributed by atoms with Crippen molar-refractivity contribution in [3.63, 3.8) is 0 Å². The molecule has 0 fully saturated rings. The lowest BCUT2D eigenvalue weighted by Gasteiger charge is -2.18. The second-order valence-corrected chi connectivity index (χ2v) is 7.29. The van der Waals surface area contributed by atoms with E-state index in [0.717, 1.165) is 20.6 Å². The van der Waals surface area contributed by atoms with Crippen LogP contribution in [0.1, 0.15) is 37.8 Å². The van der Waals surface area contributed by atoms with Crippen LogP contribution in [0.15, 0.2) is 42.5 Å². The number of carbonyl (C=O) groups excluding carboxylic acids is 1. The molecule has 2 aromatic carbocycles. The molecule has 0 aromatic heterocycles. The molecule has 2 N–H and O–H groups in total. The topological polar surface area (TPSA) is 50.4 Å². The molecule has 0 bridgehead atoms. The number of halogens is 1. The van der Waals surface area contributed by atoms with Crippen LogP contribution in [0.2, 0.25) is 0 Å². The third-order valence-corrected chi connectivity index (χ3v) is 4.30. The third kappa shape index (κ3) is 5.40. The number of aryl methyl sites for hydroxylation is 1. The van der Waals surface area contributed by atoms with Gasteiger partial charge in [-0.3, -0.25) is 0 Å². The maximum Gasteiger partial charge on any atom is 0.322 e. The van der Waals surface area contributed by atoms with Gasteiger partial charge in [-0.25, -0.2) is 4.79 Å². The predicted molar refractivity (Wildman–Crippen MR) is 107 cm³/mol. The first kappa shape index (κ1) is 18.6. The lowest BCUT2D eigenvalue weighted by Crippen LogP contribution is -2.39. The first-order valence-electron chi connectivity index (χ1n) is 7.95. The molecule has 0 spiro atoms. The summed E-state index contributed by atoms with van der Waals surface area (Å²) in [7, 11) is 0. The van der Waals surface area contributed by atoms with Crippen molar-refractivity contribution in [3.05, 3.63) is 57.2 Å². The summed E-state index contributed by atoms with van der Waals surface area (Å²) in [5.74, 6) is 1.22. The normalized spacial score (nSPS) is 11.9. The van der Waals surface area contributed by atoms with Crippen LogP contribution in [-0.4, -0.2) is 12.3 Å². The molecule has 1 atom stereocenters. The van der Waals surface area contributed by atoms with Gasteiger partial charge in [0.15, 0.2) is 6.23 Å². The molecule has 5 heteroatoms. The molecule has 4 nitrogen and oxygen atoms in total. The molecule has 0 aliphatic heterocycles. The van der Waals surface area contributed by atoms with Crippen LogP contribution in [0.4, 0.5) is 10.5 Å². The Morgan fingerprint density at radius 3 is 2.33 bits per heavy atom. The van der Waals surface area contributed by atoms with E-state index in [4.69, 9.17) is 4.74 Å². The number of anilines is 1. The number of hydrogen-bond acceptors (Lipinski definition) is 2. The highest BCUT2D eigenvalue weighted by molar-refractivity contribution is 14.1. The molecule has 0 saturated carbocycles. The first-order chi connectivity index (χ1) is 11.3. The molecule has 0 heterocycles. The van der Waals surface area contributed by atoms with Gasteiger partial charge in [0.05, 0.1) is 0 Å². The maximum atomic E-state index is 12.1. The molecule has 0 radical (unpaired) electrons. The number of hydrogen-bond donors (Lipinski definition) is 2. The molecule has 0 saturated heterocycles. The standard InChI is InChI=1S/C19H23IN2O2/c1-12(2)15-5-8-17(9-6-15)24-14(4)21-19(23)22-18-10-7-16(20)11-13(18)3/h5-12,14H,1-4H3,(H2,21,22,23). The zero-order chi connectivity index (χ0) is 17.7. The lowest BCUT2D eigenvalue weighted by atomic mass is 10.0. The van der Waals surface area contributed by atoms with Gasteiger partial charge < -0.3 is 15.4 Å². The fourth-order valence-electron chi connectivity index (χ4n) is 2.28. The van der Waals surface area contributed by atoms with E-state index < -0.39 is 6.23 Å². The van der Waals surface area contributed by atoms with E-state index in [1.165, 1.54) is 5.56 Å². The van der Waals surface area contributed by atoms with Gasteiger partial charge in [-0.15, -0.1) is 0 Å². The zero-order valence-corrected chi connectivity index (χ0v) is 16.5. The van der Waals surface area contributed by atoms with Crippen LogP contribution in [0.3, 0.4) is 0 Å². The molecule has 24 heavy (non-hydrogen) atoms. The molecular weight excluding hydrogens is 415 g/mol. The quantitative estimate of drug-likeness (QED) is 0.494. The average Bonchev–Trinajstić information content (AvgIpc) is 2.50. The second-order valence-electron chi connectivity index (χ2n) is 6.04. The number of nitrogens with one attached hydrogen (secondary N) is 2. The van der Waals surface area contributed by atoms with E-state index in [-0.39, 0.29) is 6.03 Å². The monoisotopic (exact) mass is 438 g/mol. The smallest absolute Gasteiger partial charge is 0.322 e. The Morgan fingerprint density at radius 2 is 1.75 bits per heavy atom. The molecule has 1 unspecified atom stereocenters. The highest BCUT2D eigenvalue weighted by atomic mass is 127. The Morgan fingerprint density at radius 1 is 1.08 bits per heavy atom. The minimum atomic E-state index is -0.431. The lowest BCUT2D eigenvalue weighted by molar-refractivity contribution is 0.183. The van der Waals surface area contributed by atoms with Crippen LogP contribution in [0.25, 0.3) is 0 Å². The van der Waals surface area contributed by atoms with E-state index in [9.17, 15) is 4.79 Å². The van der Waals surface area contributed by atoms with E-state index in [1.54, 1.807) is 6.92 Å².